The second-order valence-electron chi connectivity index (χ2n) is 36.1. The lowest BCUT2D eigenvalue weighted by Gasteiger charge is -2.25. The number of hydrogen-bond donors (Lipinski definition) is 10. The van der Waals surface area contributed by atoms with Gasteiger partial charge in [0.25, 0.3) is 5.91 Å². The van der Waals surface area contributed by atoms with Crippen LogP contribution in [-0.4, -0.2) is 227 Å². The minimum absolute atomic E-state index is 0. The zero-order valence-corrected chi connectivity index (χ0v) is 79.2. The number of nitrogens with two attached hydrogens (primary N) is 1. The van der Waals surface area contributed by atoms with Gasteiger partial charge >= 0.3 is 5.97 Å². The van der Waals surface area contributed by atoms with Gasteiger partial charge in [-0.05, 0) is 88.2 Å². The maximum Gasteiger partial charge on any atom is 0.343 e. The van der Waals surface area contributed by atoms with Crippen LogP contribution in [0.3, 0.4) is 0 Å². The van der Waals surface area contributed by atoms with Gasteiger partial charge in [-0.15, -0.1) is 0 Å². The van der Waals surface area contributed by atoms with Crippen LogP contribution in [0.15, 0.2) is 273 Å². The molecular formula is C111H97Cl4N9O19. The summed E-state index contributed by atoms with van der Waals surface area (Å²) < 4.78 is 70.4. The molecule has 16 atom stereocenters. The number of H-pyrrole nitrogens is 4. The Morgan fingerprint density at radius 2 is 0.629 bits per heavy atom. The summed E-state index contributed by atoms with van der Waals surface area (Å²) >= 11 is 26.6. The van der Waals surface area contributed by atoms with E-state index in [2.05, 4.69) is 73.5 Å². The number of aromatic amines is 4. The smallest absolute Gasteiger partial charge is 0.343 e. The Morgan fingerprint density at radius 1 is 0.343 bits per heavy atom. The van der Waals surface area contributed by atoms with Crippen molar-refractivity contribution in [3.8, 4) is 124 Å². The molecule has 25 rings (SSSR count). The molecule has 17 aromatic rings. The van der Waals surface area contributed by atoms with Crippen LogP contribution in [0, 0.1) is 6.92 Å². The Labute approximate surface area is 839 Å². The number of nitrogens with one attached hydrogen (secondary N) is 4. The second kappa shape index (κ2) is 40.4. The third-order valence-corrected chi connectivity index (χ3v) is 28.3. The van der Waals surface area contributed by atoms with Crippen molar-refractivity contribution in [2.75, 3.05) is 52.9 Å². The first kappa shape index (κ1) is 95.7. The maximum absolute atomic E-state index is 12.5. The standard InChI is InChI=1S/C31H25ClN2O4.C27H24ClN3O5.C26H21ClN2O6.C26H23ClN2O4.CH4/c32-22-15-23-28(34-27(22)21-13-11-19(12-14-21)18-7-3-1-4-8-18)26(20-9-5-2-6-10-20)31(33-23)38-25-17-37-29-24(35)16-36-30(25)29;1-27-20(32)13-34-24(27)19(12-35-27)36-26-21(25(29)33)23-18(30-26)11-17(28)22(31-23)16-9-7-15(8-10-16)14-5-3-2-4-6-14;27-16-10-17-22(29-21(16)15-8-6-14(7-9-15)13-4-2-1-3-5-13)20(26(31)32)25(28-17)35-19-12-34-23-18(30)11-33-24(19)23;1-14-22-19(28-26(14)33-21-13-32-24-20(30)12-31-25(21)24)11-18(27)23(29-22)17-9-7-16(8-10-17)15-5-3-2-4-6-15;/h1-15,24-25,29-30,33,35H,16-17H2;2-11,19-20,24,30,32H,12-13H2,1H3,(H2,29,33);1-10,18-19,23-24,28,30H,11-12H2,(H,31,32);2-11,20-21,24-25,28,30H,12-13H2,1H3;1H4/t24-,25-,29-,30-;19-,20-,24-,27-;18-,19-,23-,24-;20-,21-,24-,25-;/m1111./s1. The molecule has 0 unspecified atom stereocenters. The Bertz CT molecular complexity index is 7530. The molecule has 28 nitrogen and oxygen atoms in total. The lowest BCUT2D eigenvalue weighted by atomic mass is 9.95. The molecule has 0 bridgehead atoms. The van der Waals surface area contributed by atoms with Crippen molar-refractivity contribution in [2.45, 2.75) is 118 Å². The number of amides is 1. The van der Waals surface area contributed by atoms with E-state index < -0.39 is 72.4 Å². The molecule has 0 aliphatic carbocycles. The number of aryl methyl sites for hydroxylation is 1. The molecular weight excluding hydrogens is 1910 g/mol. The van der Waals surface area contributed by atoms with E-state index in [4.69, 9.17) is 124 Å². The normalized spacial score (nSPS) is 23.7. The fraction of sp³-hybridized carbons (Fsp3) is 0.243. The number of carbonyl (C=O) groups is 2. The van der Waals surface area contributed by atoms with Gasteiger partial charge in [-0.3, -0.25) is 4.79 Å². The van der Waals surface area contributed by atoms with E-state index in [1.807, 2.05) is 219 Å². The highest BCUT2D eigenvalue weighted by atomic mass is 35.5. The van der Waals surface area contributed by atoms with Crippen LogP contribution in [-0.2, 0) is 37.9 Å². The third kappa shape index (κ3) is 18.7. The number of pyridine rings is 4. The molecule has 8 saturated heterocycles. The predicted molar refractivity (Wildman–Crippen MR) is 545 cm³/mol. The molecule has 728 valence electrons. The van der Waals surface area contributed by atoms with Crippen molar-refractivity contribution in [1.82, 2.24) is 39.9 Å². The average Bonchev–Trinajstić information content (AvgIpc) is 1.59. The van der Waals surface area contributed by atoms with E-state index in [0.29, 0.717) is 78.7 Å². The summed E-state index contributed by atoms with van der Waals surface area (Å²) in [4.78, 5) is 56.7. The summed E-state index contributed by atoms with van der Waals surface area (Å²) in [5.41, 5.74) is 27.1. The van der Waals surface area contributed by atoms with E-state index in [-0.39, 0.29) is 112 Å². The van der Waals surface area contributed by atoms with Gasteiger partial charge in [0.05, 0.1) is 129 Å². The number of aliphatic hydroxyl groups is 4. The lowest BCUT2D eigenvalue weighted by molar-refractivity contribution is -0.0621. The average molecular weight is 2000 g/mol. The summed E-state index contributed by atoms with van der Waals surface area (Å²) in [6.45, 7) is 5.65. The zero-order valence-electron chi connectivity index (χ0n) is 76.1. The van der Waals surface area contributed by atoms with Crippen LogP contribution in [0.25, 0.3) is 145 Å². The molecule has 8 aromatic heterocycles. The minimum atomic E-state index is -1.19. The molecule has 0 radical (unpaired) electrons. The summed E-state index contributed by atoms with van der Waals surface area (Å²) in [6, 6.07) is 89.9. The number of aromatic nitrogens is 8. The van der Waals surface area contributed by atoms with Gasteiger partial charge in [-0.2, -0.15) is 0 Å². The van der Waals surface area contributed by atoms with Crippen molar-refractivity contribution in [3.05, 3.63) is 310 Å². The molecule has 8 fully saturated rings. The first-order valence-corrected chi connectivity index (χ1v) is 48.0. The summed E-state index contributed by atoms with van der Waals surface area (Å²) in [5.74, 6) is -0.470. The molecule has 1 amide bonds. The summed E-state index contributed by atoms with van der Waals surface area (Å²) in [7, 11) is 0. The fourth-order valence-corrected chi connectivity index (χ4v) is 20.8. The van der Waals surface area contributed by atoms with Crippen LogP contribution in [0.4, 0.5) is 0 Å². The third-order valence-electron chi connectivity index (χ3n) is 27.1. The zero-order chi connectivity index (χ0) is 97.3. The number of hydrogen-bond acceptors (Lipinski definition) is 22. The van der Waals surface area contributed by atoms with E-state index in [0.717, 1.165) is 106 Å². The Kier molecular flexibility index (Phi) is 27.0. The molecule has 32 heteroatoms. The maximum atomic E-state index is 12.5. The van der Waals surface area contributed by atoms with Gasteiger partial charge in [-0.25, -0.2) is 24.7 Å². The number of halogens is 4. The summed E-state index contributed by atoms with van der Waals surface area (Å²) in [5, 5.41) is 52.2. The molecule has 143 heavy (non-hydrogen) atoms. The first-order chi connectivity index (χ1) is 69.1. The molecule has 9 aromatic carbocycles. The Morgan fingerprint density at radius 3 is 1.01 bits per heavy atom. The number of ether oxygens (including phenoxy) is 12. The molecule has 8 aliphatic rings. The largest absolute Gasteiger partial charge is 0.477 e. The number of primary amides is 1. The molecule has 11 N–H and O–H groups in total. The number of carboxylic acid groups (broad SMARTS) is 1. The first-order valence-electron chi connectivity index (χ1n) is 46.5. The van der Waals surface area contributed by atoms with Crippen LogP contribution < -0.4 is 24.7 Å². The number of aliphatic hydroxyl groups excluding tert-OH is 4. The van der Waals surface area contributed by atoms with E-state index >= 15 is 0 Å². The van der Waals surface area contributed by atoms with Gasteiger partial charge in [0.15, 0.2) is 30.3 Å². The molecule has 8 aliphatic heterocycles. The van der Waals surface area contributed by atoms with Crippen molar-refractivity contribution >= 4 is 102 Å². The Balaban J connectivity index is 0.000000112. The number of nitrogens with zero attached hydrogens (tertiary/aromatic N) is 4. The number of rotatable bonds is 19. The van der Waals surface area contributed by atoms with E-state index in [9.17, 15) is 35.1 Å². The Hall–Kier alpha value is -13.4. The highest BCUT2D eigenvalue weighted by Gasteiger charge is 2.59. The van der Waals surface area contributed by atoms with Gasteiger partial charge < -0.3 is 108 Å². The van der Waals surface area contributed by atoms with Gasteiger partial charge in [0, 0.05) is 27.8 Å². The minimum Gasteiger partial charge on any atom is -0.477 e. The highest BCUT2D eigenvalue weighted by molar-refractivity contribution is 6.35. The van der Waals surface area contributed by atoms with Gasteiger partial charge in [0.1, 0.15) is 100 Å². The summed E-state index contributed by atoms with van der Waals surface area (Å²) in [6.07, 6.45) is -7.26. The number of fused-ring (bicyclic) bond motifs is 8. The number of benzene rings is 9. The monoisotopic (exact) mass is 2000 g/mol. The SMILES string of the molecule is C.C[C@]12OC[C@@H](Oc3[nH]c4cc(Cl)c(-c5ccc(-c6ccccc6)cc5)nc4c3C(N)=O)[C@H]1OC[C@H]2O.Cc1c(O[C@@H]2CO[C@H]3[C@@H]2OC[C@H]3O)[nH]c2cc(Cl)c(-c3ccc(-c4ccccc4)cc3)nc12.O=C(O)c1c(O[C@@H]2CO[C@H]3[C@@H]2OC[C@H]3O)[nH]c2cc(Cl)c(-c3ccc(-c4ccccc4)cc3)nc12.O[C@@H]1CO[C@H]2[C@@H]1OC[C@H]2Oc1[nH]c2cc(Cl)c(-c3ccc(-c4ccccc4)cc3)nc2c1-c1ccccc1. The molecule has 0 saturated carbocycles. The fourth-order valence-electron chi connectivity index (χ4n) is 19.7. The molecule has 16 heterocycles. The predicted octanol–water partition coefficient (Wildman–Crippen LogP) is 19.6. The quantitative estimate of drug-likeness (QED) is 0.0359. The van der Waals surface area contributed by atoms with Crippen molar-refractivity contribution in [3.63, 3.8) is 0 Å². The van der Waals surface area contributed by atoms with Crippen molar-refractivity contribution < 1.29 is 92.0 Å². The van der Waals surface area contributed by atoms with Crippen molar-refractivity contribution in [1.29, 1.82) is 0 Å². The highest BCUT2D eigenvalue weighted by Crippen LogP contribution is 2.47. The number of carboxylic acids is 1. The van der Waals surface area contributed by atoms with Gasteiger partial charge in [0.2, 0.25) is 17.6 Å². The van der Waals surface area contributed by atoms with Crippen LogP contribution >= 0.6 is 46.4 Å². The lowest BCUT2D eigenvalue weighted by Crippen LogP contribution is -2.45. The van der Waals surface area contributed by atoms with Crippen LogP contribution in [0.1, 0.15) is 40.6 Å². The second-order valence-corrected chi connectivity index (χ2v) is 37.7. The molecule has 0 spiro atoms. The van der Waals surface area contributed by atoms with E-state index in [1.54, 1.807) is 19.1 Å². The van der Waals surface area contributed by atoms with E-state index in [1.165, 1.54) is 5.56 Å². The van der Waals surface area contributed by atoms with Crippen LogP contribution in [0.2, 0.25) is 20.1 Å². The van der Waals surface area contributed by atoms with Crippen LogP contribution in [0.5, 0.6) is 23.5 Å². The number of carbonyl (C=O) groups excluding carboxylic acids is 1. The number of aromatic carboxylic acids is 1. The van der Waals surface area contributed by atoms with Gasteiger partial charge in [-0.1, -0.05) is 303 Å². The van der Waals surface area contributed by atoms with Crippen molar-refractivity contribution in [2.24, 2.45) is 5.73 Å². The topological polar surface area (TPSA) is 387 Å².